The molecule has 0 saturated carbocycles. The van der Waals surface area contributed by atoms with Crippen LogP contribution < -0.4 is 5.32 Å². The molecule has 1 aliphatic rings. The third kappa shape index (κ3) is 3.18. The van der Waals surface area contributed by atoms with Gasteiger partial charge in [0.1, 0.15) is 0 Å². The number of carbonyl (C=O) groups excluding carboxylic acids is 2. The Labute approximate surface area is 159 Å². The second-order valence-corrected chi connectivity index (χ2v) is 8.03. The van der Waals surface area contributed by atoms with Gasteiger partial charge in [0.05, 0.1) is 17.0 Å². The first-order chi connectivity index (χ1) is 12.7. The van der Waals surface area contributed by atoms with E-state index < -0.39 is 0 Å². The third-order valence-electron chi connectivity index (χ3n) is 4.28. The summed E-state index contributed by atoms with van der Waals surface area (Å²) in [5, 5.41) is 5.00. The Kier molecular flexibility index (Phi) is 4.61. The SMILES string of the molecule is CCOC(=O)c1cccc(NC(=O)c2cc3c(s2)-c2ccsc2CC3)c1. The van der Waals surface area contributed by atoms with Crippen LogP contribution in [-0.4, -0.2) is 18.5 Å². The Hall–Kier alpha value is -2.44. The van der Waals surface area contributed by atoms with Gasteiger partial charge in [-0.3, -0.25) is 4.79 Å². The lowest BCUT2D eigenvalue weighted by atomic mass is 9.98. The van der Waals surface area contributed by atoms with Crippen LogP contribution in [0.4, 0.5) is 5.69 Å². The summed E-state index contributed by atoms with van der Waals surface area (Å²) >= 11 is 3.31. The van der Waals surface area contributed by atoms with E-state index in [4.69, 9.17) is 4.74 Å². The summed E-state index contributed by atoms with van der Waals surface area (Å²) < 4.78 is 5.00. The van der Waals surface area contributed by atoms with E-state index in [0.717, 1.165) is 12.8 Å². The number of nitrogens with one attached hydrogen (secondary N) is 1. The molecule has 6 heteroatoms. The molecule has 0 aliphatic heterocycles. The number of hydrogen-bond donors (Lipinski definition) is 1. The van der Waals surface area contributed by atoms with Crippen LogP contribution in [0.15, 0.2) is 41.8 Å². The average molecular weight is 383 g/mol. The smallest absolute Gasteiger partial charge is 0.338 e. The molecule has 1 aliphatic carbocycles. The molecule has 0 atom stereocenters. The zero-order valence-electron chi connectivity index (χ0n) is 14.2. The molecule has 2 heterocycles. The van der Waals surface area contributed by atoms with Crippen molar-refractivity contribution in [3.8, 4) is 10.4 Å². The maximum absolute atomic E-state index is 12.7. The number of rotatable bonds is 4. The summed E-state index contributed by atoms with van der Waals surface area (Å²) in [6, 6.07) is 10.9. The molecule has 26 heavy (non-hydrogen) atoms. The first-order valence-electron chi connectivity index (χ1n) is 8.43. The fraction of sp³-hybridized carbons (Fsp3) is 0.200. The van der Waals surface area contributed by atoms with Crippen molar-refractivity contribution < 1.29 is 14.3 Å². The Balaban J connectivity index is 1.55. The highest BCUT2D eigenvalue weighted by molar-refractivity contribution is 7.18. The number of esters is 1. The van der Waals surface area contributed by atoms with Gasteiger partial charge in [0.25, 0.3) is 5.91 Å². The Bertz CT molecular complexity index is 987. The number of ether oxygens (including phenoxy) is 1. The van der Waals surface area contributed by atoms with Crippen LogP contribution >= 0.6 is 22.7 Å². The van der Waals surface area contributed by atoms with Crippen molar-refractivity contribution in [2.45, 2.75) is 19.8 Å². The maximum atomic E-state index is 12.7. The Morgan fingerprint density at radius 3 is 2.92 bits per heavy atom. The van der Waals surface area contributed by atoms with Gasteiger partial charge in [-0.25, -0.2) is 4.79 Å². The number of fused-ring (bicyclic) bond motifs is 3. The molecule has 1 aromatic carbocycles. The van der Waals surface area contributed by atoms with E-state index >= 15 is 0 Å². The normalized spacial score (nSPS) is 12.2. The van der Waals surface area contributed by atoms with E-state index in [-0.39, 0.29) is 11.9 Å². The van der Waals surface area contributed by atoms with Gasteiger partial charge in [-0.2, -0.15) is 0 Å². The highest BCUT2D eigenvalue weighted by Crippen LogP contribution is 2.41. The van der Waals surface area contributed by atoms with Gasteiger partial charge in [-0.15, -0.1) is 22.7 Å². The molecule has 0 bridgehead atoms. The minimum Gasteiger partial charge on any atom is -0.462 e. The van der Waals surface area contributed by atoms with E-state index in [1.807, 2.05) is 6.07 Å². The first kappa shape index (κ1) is 17.0. The van der Waals surface area contributed by atoms with E-state index in [1.165, 1.54) is 32.2 Å². The predicted molar refractivity (Wildman–Crippen MR) is 105 cm³/mol. The third-order valence-corrected chi connectivity index (χ3v) is 6.47. The fourth-order valence-electron chi connectivity index (χ4n) is 3.07. The quantitative estimate of drug-likeness (QED) is 0.645. The molecule has 0 fully saturated rings. The lowest BCUT2D eigenvalue weighted by molar-refractivity contribution is 0.0526. The van der Waals surface area contributed by atoms with Crippen LogP contribution in [0.1, 0.15) is 37.4 Å². The monoisotopic (exact) mass is 383 g/mol. The Morgan fingerprint density at radius 2 is 2.08 bits per heavy atom. The van der Waals surface area contributed by atoms with Crippen molar-refractivity contribution in [1.29, 1.82) is 0 Å². The number of hydrogen-bond acceptors (Lipinski definition) is 5. The van der Waals surface area contributed by atoms with Gasteiger partial charge >= 0.3 is 5.97 Å². The van der Waals surface area contributed by atoms with E-state index in [2.05, 4.69) is 16.8 Å². The summed E-state index contributed by atoms with van der Waals surface area (Å²) in [6.45, 7) is 2.09. The molecular formula is C20H17NO3S2. The molecule has 4 nitrogen and oxygen atoms in total. The van der Waals surface area contributed by atoms with Crippen molar-refractivity contribution >= 4 is 40.2 Å². The highest BCUT2D eigenvalue weighted by Gasteiger charge is 2.22. The lowest BCUT2D eigenvalue weighted by Crippen LogP contribution is -2.11. The summed E-state index contributed by atoms with van der Waals surface area (Å²) in [4.78, 5) is 27.8. The van der Waals surface area contributed by atoms with E-state index in [9.17, 15) is 9.59 Å². The van der Waals surface area contributed by atoms with E-state index in [1.54, 1.807) is 42.5 Å². The van der Waals surface area contributed by atoms with Crippen LogP contribution in [0.5, 0.6) is 0 Å². The molecule has 1 amide bonds. The summed E-state index contributed by atoms with van der Waals surface area (Å²) in [5.74, 6) is -0.539. The minimum atomic E-state index is -0.389. The van der Waals surface area contributed by atoms with Gasteiger partial charge in [-0.05, 0) is 61.0 Å². The second-order valence-electron chi connectivity index (χ2n) is 5.98. The molecule has 132 valence electrons. The molecular weight excluding hydrogens is 366 g/mol. The van der Waals surface area contributed by atoms with E-state index in [0.29, 0.717) is 22.7 Å². The summed E-state index contributed by atoms with van der Waals surface area (Å²) in [7, 11) is 0. The largest absolute Gasteiger partial charge is 0.462 e. The van der Waals surface area contributed by atoms with Gasteiger partial charge in [0.15, 0.2) is 0 Å². The maximum Gasteiger partial charge on any atom is 0.338 e. The molecule has 2 aromatic heterocycles. The number of anilines is 1. The number of carbonyl (C=O) groups is 2. The van der Waals surface area contributed by atoms with Crippen LogP contribution in [0, 0.1) is 0 Å². The lowest BCUT2D eigenvalue weighted by Gasteiger charge is -2.10. The Morgan fingerprint density at radius 1 is 1.19 bits per heavy atom. The minimum absolute atomic E-state index is 0.151. The van der Waals surface area contributed by atoms with Crippen LogP contribution in [0.3, 0.4) is 0 Å². The second kappa shape index (κ2) is 7.05. The van der Waals surface area contributed by atoms with Crippen molar-refractivity contribution in [3.05, 3.63) is 62.7 Å². The van der Waals surface area contributed by atoms with Crippen LogP contribution in [-0.2, 0) is 17.6 Å². The van der Waals surface area contributed by atoms with Gasteiger partial charge < -0.3 is 10.1 Å². The number of aryl methyl sites for hydroxylation is 2. The molecule has 1 N–H and O–H groups in total. The summed E-state index contributed by atoms with van der Waals surface area (Å²) in [6.07, 6.45) is 2.02. The van der Waals surface area contributed by atoms with Crippen LogP contribution in [0.2, 0.25) is 0 Å². The van der Waals surface area contributed by atoms with Gasteiger partial charge in [0.2, 0.25) is 0 Å². The van der Waals surface area contributed by atoms with Crippen molar-refractivity contribution in [3.63, 3.8) is 0 Å². The summed E-state index contributed by atoms with van der Waals surface area (Å²) in [5.41, 5.74) is 3.53. The zero-order chi connectivity index (χ0) is 18.1. The standard InChI is InChI=1S/C20H17NO3S2/c1-2-24-20(23)13-4-3-5-14(10-13)21-19(22)17-11-12-6-7-16-15(8-9-25-16)18(12)26-17/h3-5,8-11H,2,6-7H2,1H3,(H,21,22). The predicted octanol–water partition coefficient (Wildman–Crippen LogP) is 5.00. The molecule has 3 aromatic rings. The number of thiophene rings is 2. The van der Waals surface area contributed by atoms with Crippen molar-refractivity contribution in [2.75, 3.05) is 11.9 Å². The molecule has 0 radical (unpaired) electrons. The molecule has 0 unspecified atom stereocenters. The van der Waals surface area contributed by atoms with Crippen molar-refractivity contribution in [1.82, 2.24) is 0 Å². The number of benzene rings is 1. The van der Waals surface area contributed by atoms with Gasteiger partial charge in [-0.1, -0.05) is 6.07 Å². The number of amides is 1. The van der Waals surface area contributed by atoms with Gasteiger partial charge in [0, 0.05) is 21.0 Å². The molecule has 4 rings (SSSR count). The first-order valence-corrected chi connectivity index (χ1v) is 10.1. The molecule has 0 spiro atoms. The average Bonchev–Trinajstić information content (AvgIpc) is 3.28. The zero-order valence-corrected chi connectivity index (χ0v) is 15.8. The fourth-order valence-corrected chi connectivity index (χ4v) is 5.18. The van der Waals surface area contributed by atoms with Crippen molar-refractivity contribution in [2.24, 2.45) is 0 Å². The molecule has 0 saturated heterocycles. The topological polar surface area (TPSA) is 55.4 Å². The highest BCUT2D eigenvalue weighted by atomic mass is 32.1. The van der Waals surface area contributed by atoms with Crippen LogP contribution in [0.25, 0.3) is 10.4 Å².